The van der Waals surface area contributed by atoms with Crippen molar-refractivity contribution >= 4 is 5.97 Å². The fourth-order valence-corrected chi connectivity index (χ4v) is 4.13. The van der Waals surface area contributed by atoms with Gasteiger partial charge < -0.3 is 15.2 Å². The van der Waals surface area contributed by atoms with Crippen LogP contribution in [0.3, 0.4) is 0 Å². The maximum absolute atomic E-state index is 12.6. The molecule has 154 valence electrons. The van der Waals surface area contributed by atoms with Crippen LogP contribution in [0.15, 0.2) is 47.1 Å². The van der Waals surface area contributed by atoms with Gasteiger partial charge in [0.15, 0.2) is 0 Å². The smallest absolute Gasteiger partial charge is 0.338 e. The van der Waals surface area contributed by atoms with Crippen molar-refractivity contribution < 1.29 is 14.3 Å². The lowest BCUT2D eigenvalue weighted by atomic mass is 9.83. The third-order valence-corrected chi connectivity index (χ3v) is 5.74. The number of ether oxygens (including phenoxy) is 2. The second kappa shape index (κ2) is 9.15. The summed E-state index contributed by atoms with van der Waals surface area (Å²) in [4.78, 5) is 15.1. The summed E-state index contributed by atoms with van der Waals surface area (Å²) in [7, 11) is 0. The molecule has 6 heteroatoms. The van der Waals surface area contributed by atoms with Crippen molar-refractivity contribution in [1.29, 1.82) is 5.26 Å². The summed E-state index contributed by atoms with van der Waals surface area (Å²) < 4.78 is 10.7. The van der Waals surface area contributed by atoms with E-state index in [0.29, 0.717) is 17.4 Å². The van der Waals surface area contributed by atoms with Gasteiger partial charge in [0, 0.05) is 12.6 Å². The first-order valence-electron chi connectivity index (χ1n) is 10.2. The number of rotatable bonds is 5. The highest BCUT2D eigenvalue weighted by Gasteiger charge is 2.36. The van der Waals surface area contributed by atoms with Gasteiger partial charge in [-0.25, -0.2) is 4.79 Å². The lowest BCUT2D eigenvalue weighted by molar-refractivity contribution is -0.139. The zero-order valence-electron chi connectivity index (χ0n) is 17.4. The molecule has 0 amide bonds. The number of carbonyl (C=O) groups is 1. The van der Waals surface area contributed by atoms with E-state index in [-0.39, 0.29) is 18.1 Å². The second-order valence-electron chi connectivity index (χ2n) is 7.67. The predicted octanol–water partition coefficient (Wildman–Crippen LogP) is 3.71. The van der Waals surface area contributed by atoms with Crippen molar-refractivity contribution in [2.45, 2.75) is 58.5 Å². The van der Waals surface area contributed by atoms with Gasteiger partial charge in [-0.15, -0.1) is 0 Å². The van der Waals surface area contributed by atoms with E-state index in [4.69, 9.17) is 15.2 Å². The molecular formula is C23H29N3O3. The van der Waals surface area contributed by atoms with Crippen LogP contribution in [0, 0.1) is 11.3 Å². The number of piperidine rings is 1. The molecule has 2 unspecified atom stereocenters. The lowest BCUT2D eigenvalue weighted by Gasteiger charge is -2.33. The van der Waals surface area contributed by atoms with E-state index in [0.717, 1.165) is 18.7 Å². The van der Waals surface area contributed by atoms with Crippen LogP contribution < -0.4 is 5.73 Å². The van der Waals surface area contributed by atoms with Gasteiger partial charge in [0.25, 0.3) is 0 Å². The zero-order valence-corrected chi connectivity index (χ0v) is 17.4. The fraction of sp³-hybridized carbons (Fsp3) is 0.478. The summed E-state index contributed by atoms with van der Waals surface area (Å²) in [5.74, 6) is -0.664. The second-order valence-corrected chi connectivity index (χ2v) is 7.67. The highest BCUT2D eigenvalue weighted by molar-refractivity contribution is 5.92. The Balaban J connectivity index is 1.90. The van der Waals surface area contributed by atoms with Gasteiger partial charge in [-0.3, -0.25) is 4.90 Å². The number of esters is 1. The maximum Gasteiger partial charge on any atom is 0.338 e. The van der Waals surface area contributed by atoms with Gasteiger partial charge >= 0.3 is 5.97 Å². The Hall–Kier alpha value is -2.78. The van der Waals surface area contributed by atoms with Crippen LogP contribution in [0.1, 0.15) is 57.1 Å². The number of nitrogens with two attached hydrogens (primary N) is 1. The number of benzene rings is 1. The molecule has 1 aromatic carbocycles. The minimum absolute atomic E-state index is 0.0364. The number of allylic oxidation sites excluding steroid dienone is 2. The van der Waals surface area contributed by atoms with Crippen LogP contribution in [0.25, 0.3) is 0 Å². The van der Waals surface area contributed by atoms with Crippen LogP contribution in [0.4, 0.5) is 0 Å². The first-order valence-corrected chi connectivity index (χ1v) is 10.2. The van der Waals surface area contributed by atoms with Crippen molar-refractivity contribution in [1.82, 2.24) is 4.90 Å². The molecule has 1 fully saturated rings. The molecule has 2 aliphatic rings. The molecule has 0 saturated carbocycles. The maximum atomic E-state index is 12.6. The first-order chi connectivity index (χ1) is 14.0. The average molecular weight is 396 g/mol. The average Bonchev–Trinajstić information content (AvgIpc) is 2.70. The Morgan fingerprint density at radius 3 is 2.69 bits per heavy atom. The van der Waals surface area contributed by atoms with Gasteiger partial charge in [-0.1, -0.05) is 30.7 Å². The van der Waals surface area contributed by atoms with E-state index in [1.807, 2.05) is 12.1 Å². The number of likely N-dealkylation sites (tertiary alicyclic amines) is 1. The van der Waals surface area contributed by atoms with E-state index in [1.165, 1.54) is 24.8 Å². The minimum atomic E-state index is -0.587. The first kappa shape index (κ1) is 20.9. The van der Waals surface area contributed by atoms with Crippen LogP contribution in [-0.2, 0) is 20.8 Å². The highest BCUT2D eigenvalue weighted by Crippen LogP contribution is 2.39. The normalized spacial score (nSPS) is 22.8. The van der Waals surface area contributed by atoms with Gasteiger partial charge in [0.2, 0.25) is 5.88 Å². The summed E-state index contributed by atoms with van der Waals surface area (Å²) >= 11 is 0. The summed E-state index contributed by atoms with van der Waals surface area (Å²) in [6, 6.07) is 10.8. The Kier molecular flexibility index (Phi) is 6.60. The molecule has 0 aliphatic carbocycles. The molecule has 0 bridgehead atoms. The Labute approximate surface area is 172 Å². The predicted molar refractivity (Wildman–Crippen MR) is 110 cm³/mol. The molecule has 2 aliphatic heterocycles. The van der Waals surface area contributed by atoms with Crippen LogP contribution in [0.5, 0.6) is 0 Å². The quantitative estimate of drug-likeness (QED) is 0.765. The molecule has 2 atom stereocenters. The van der Waals surface area contributed by atoms with E-state index in [9.17, 15) is 10.1 Å². The number of nitriles is 1. The highest BCUT2D eigenvalue weighted by atomic mass is 16.5. The van der Waals surface area contributed by atoms with Crippen LogP contribution in [-0.4, -0.2) is 30.1 Å². The van der Waals surface area contributed by atoms with Crippen molar-refractivity contribution in [3.8, 4) is 6.07 Å². The van der Waals surface area contributed by atoms with E-state index in [1.54, 1.807) is 13.8 Å². The standard InChI is InChI=1S/C23H29N3O3/c1-4-28-23(27)20-16(3)29-22(25)19(13-24)21(20)18-10-8-17(9-11-18)14-26-12-6-5-7-15(26)2/h8-11,15,21H,4-7,12,14,25H2,1-3H3. The molecule has 0 aromatic heterocycles. The summed E-state index contributed by atoms with van der Waals surface area (Å²) in [5.41, 5.74) is 8.55. The molecule has 29 heavy (non-hydrogen) atoms. The summed E-state index contributed by atoms with van der Waals surface area (Å²) in [6.45, 7) is 7.97. The topological polar surface area (TPSA) is 88.6 Å². The molecular weight excluding hydrogens is 366 g/mol. The summed E-state index contributed by atoms with van der Waals surface area (Å²) in [6.07, 6.45) is 3.78. The Morgan fingerprint density at radius 1 is 1.34 bits per heavy atom. The van der Waals surface area contributed by atoms with Crippen molar-refractivity contribution in [3.05, 3.63) is 58.2 Å². The molecule has 0 spiro atoms. The number of carbonyl (C=O) groups excluding carboxylic acids is 1. The SMILES string of the molecule is CCOC(=O)C1=C(C)OC(N)=C(C#N)C1c1ccc(CN2CCCCC2C)cc1. The van der Waals surface area contributed by atoms with E-state index in [2.05, 4.69) is 30.0 Å². The molecule has 2 heterocycles. The largest absolute Gasteiger partial charge is 0.463 e. The third-order valence-electron chi connectivity index (χ3n) is 5.74. The third kappa shape index (κ3) is 4.46. The molecule has 0 radical (unpaired) electrons. The van der Waals surface area contributed by atoms with Crippen LogP contribution in [0.2, 0.25) is 0 Å². The molecule has 6 nitrogen and oxygen atoms in total. The monoisotopic (exact) mass is 395 g/mol. The van der Waals surface area contributed by atoms with Crippen molar-refractivity contribution in [2.24, 2.45) is 5.73 Å². The molecule has 1 aromatic rings. The number of hydrogen-bond acceptors (Lipinski definition) is 6. The Morgan fingerprint density at radius 2 is 2.07 bits per heavy atom. The van der Waals surface area contributed by atoms with E-state index < -0.39 is 11.9 Å². The van der Waals surface area contributed by atoms with Gasteiger partial charge in [-0.2, -0.15) is 5.26 Å². The van der Waals surface area contributed by atoms with Crippen molar-refractivity contribution in [3.63, 3.8) is 0 Å². The van der Waals surface area contributed by atoms with Crippen LogP contribution >= 0.6 is 0 Å². The Bertz CT molecular complexity index is 864. The van der Waals surface area contributed by atoms with Gasteiger partial charge in [0.05, 0.1) is 18.1 Å². The lowest BCUT2D eigenvalue weighted by Crippen LogP contribution is -2.36. The summed E-state index contributed by atoms with van der Waals surface area (Å²) in [5, 5.41) is 9.66. The molecule has 2 N–H and O–H groups in total. The van der Waals surface area contributed by atoms with Gasteiger partial charge in [0.1, 0.15) is 17.4 Å². The van der Waals surface area contributed by atoms with Crippen molar-refractivity contribution in [2.75, 3.05) is 13.2 Å². The zero-order chi connectivity index (χ0) is 21.0. The fourth-order valence-electron chi connectivity index (χ4n) is 4.13. The minimum Gasteiger partial charge on any atom is -0.463 e. The van der Waals surface area contributed by atoms with E-state index >= 15 is 0 Å². The molecule has 3 rings (SSSR count). The number of hydrogen-bond donors (Lipinski definition) is 1. The number of nitrogens with zero attached hydrogens (tertiary/aromatic N) is 2. The molecule has 1 saturated heterocycles. The van der Waals surface area contributed by atoms with Gasteiger partial charge in [-0.05, 0) is 51.3 Å².